The average Bonchev–Trinajstić information content (AvgIpc) is 3.70. The number of benzene rings is 2. The van der Waals surface area contributed by atoms with Gasteiger partial charge in [-0.3, -0.25) is 14.3 Å². The molecule has 4 heterocycles. The summed E-state index contributed by atoms with van der Waals surface area (Å²) >= 11 is 6.71. The summed E-state index contributed by atoms with van der Waals surface area (Å²) in [6.07, 6.45) is 7.05. The number of rotatable bonds is 9. The molecule has 11 nitrogen and oxygen atoms in total. The Balaban J connectivity index is 1.26. The zero-order valence-electron chi connectivity index (χ0n) is 25.9. The van der Waals surface area contributed by atoms with Crippen molar-refractivity contribution < 1.29 is 9.59 Å². The Morgan fingerprint density at radius 3 is 2.52 bits per heavy atom. The van der Waals surface area contributed by atoms with Crippen molar-refractivity contribution in [2.24, 2.45) is 14.1 Å². The van der Waals surface area contributed by atoms with Crippen molar-refractivity contribution in [1.82, 2.24) is 34.9 Å². The van der Waals surface area contributed by atoms with Crippen molar-refractivity contribution in [3.8, 4) is 22.4 Å². The molecule has 2 aromatic carbocycles. The van der Waals surface area contributed by atoms with Crippen LogP contribution in [0.25, 0.3) is 22.4 Å². The highest BCUT2D eigenvalue weighted by Gasteiger charge is 2.25. The van der Waals surface area contributed by atoms with Gasteiger partial charge in [-0.25, -0.2) is 9.97 Å². The molecule has 5 aromatic rings. The van der Waals surface area contributed by atoms with Crippen LogP contribution < -0.4 is 20.9 Å². The highest BCUT2D eigenvalue weighted by atomic mass is 35.5. The van der Waals surface area contributed by atoms with Crippen LogP contribution in [0.3, 0.4) is 0 Å². The standard InChI is InChI=1S/C34H36ClN9O2/c1-22-19-36-14-15-44(22)32-18-25(10-12-38-32)24-6-9-28(35)26(16-24)17-29(41-34(46)30-11-13-39-43(30)3)33(45)40-27-7-4-23(5-8-27)31-20-37-21-42(31)2/h4-13,16,18,20-22,29,36H,14-15,17,19H2,1-3H3,(H,40,45)(H,41,46)/t22-,29+/m1/s1. The molecule has 0 spiro atoms. The Hall–Kier alpha value is -5.00. The first-order valence-electron chi connectivity index (χ1n) is 15.2. The van der Waals surface area contributed by atoms with E-state index in [9.17, 15) is 9.59 Å². The van der Waals surface area contributed by atoms with Crippen LogP contribution in [0, 0.1) is 0 Å². The summed E-state index contributed by atoms with van der Waals surface area (Å²) in [6.45, 7) is 4.87. The number of amides is 2. The molecule has 0 aliphatic carbocycles. The summed E-state index contributed by atoms with van der Waals surface area (Å²) < 4.78 is 3.39. The van der Waals surface area contributed by atoms with Gasteiger partial charge in [0.1, 0.15) is 17.6 Å². The monoisotopic (exact) mass is 637 g/mol. The lowest BCUT2D eigenvalue weighted by molar-refractivity contribution is -0.118. The Bertz CT molecular complexity index is 1850. The summed E-state index contributed by atoms with van der Waals surface area (Å²) in [4.78, 5) is 38.2. The molecule has 1 aliphatic heterocycles. The van der Waals surface area contributed by atoms with Crippen molar-refractivity contribution in [2.45, 2.75) is 25.4 Å². The summed E-state index contributed by atoms with van der Waals surface area (Å²) in [6, 6.07) is 18.3. The van der Waals surface area contributed by atoms with Gasteiger partial charge in [0.05, 0.1) is 18.2 Å². The van der Waals surface area contributed by atoms with Gasteiger partial charge >= 0.3 is 0 Å². The highest BCUT2D eigenvalue weighted by molar-refractivity contribution is 6.31. The second-order valence-electron chi connectivity index (χ2n) is 11.5. The molecule has 1 saturated heterocycles. The van der Waals surface area contributed by atoms with Gasteiger partial charge in [0.15, 0.2) is 0 Å². The zero-order chi connectivity index (χ0) is 32.2. The van der Waals surface area contributed by atoms with Crippen LogP contribution in [0.15, 0.2) is 85.6 Å². The SMILES string of the molecule is C[C@@H]1CNCCN1c1cc(-c2ccc(Cl)c(C[C@H](NC(=O)c3ccnn3C)C(=O)Nc3ccc(-c4cncn4C)cc3)c2)ccn1. The Kier molecular flexibility index (Phi) is 9.13. The van der Waals surface area contributed by atoms with Gasteiger partial charge in [0.2, 0.25) is 5.91 Å². The Morgan fingerprint density at radius 1 is 1.02 bits per heavy atom. The quantitative estimate of drug-likeness (QED) is 0.220. The maximum Gasteiger partial charge on any atom is 0.270 e. The molecule has 0 unspecified atom stereocenters. The molecule has 2 amide bonds. The number of hydrogen-bond donors (Lipinski definition) is 3. The maximum atomic E-state index is 13.8. The average molecular weight is 638 g/mol. The topological polar surface area (TPSA) is 122 Å². The van der Waals surface area contributed by atoms with Gasteiger partial charge in [-0.05, 0) is 71.6 Å². The van der Waals surface area contributed by atoms with E-state index < -0.39 is 11.9 Å². The molecule has 3 N–H and O–H groups in total. The number of halogens is 1. The van der Waals surface area contributed by atoms with Crippen molar-refractivity contribution in [1.29, 1.82) is 0 Å². The van der Waals surface area contributed by atoms with E-state index in [-0.39, 0.29) is 12.3 Å². The molecule has 12 heteroatoms. The van der Waals surface area contributed by atoms with Gasteiger partial charge < -0.3 is 25.4 Å². The number of pyridine rings is 1. The molecule has 6 rings (SSSR count). The normalized spacial score (nSPS) is 15.4. The highest BCUT2D eigenvalue weighted by Crippen LogP contribution is 2.29. The molecular weight excluding hydrogens is 602 g/mol. The molecule has 0 saturated carbocycles. The fourth-order valence-electron chi connectivity index (χ4n) is 5.69. The smallest absolute Gasteiger partial charge is 0.270 e. The zero-order valence-corrected chi connectivity index (χ0v) is 26.7. The van der Waals surface area contributed by atoms with Crippen molar-refractivity contribution in [3.63, 3.8) is 0 Å². The summed E-state index contributed by atoms with van der Waals surface area (Å²) in [5.74, 6) is 0.130. The van der Waals surface area contributed by atoms with Crippen LogP contribution in [-0.4, -0.2) is 67.8 Å². The van der Waals surface area contributed by atoms with E-state index in [1.54, 1.807) is 25.6 Å². The molecule has 0 bridgehead atoms. The molecular formula is C34H36ClN9O2. The predicted octanol–water partition coefficient (Wildman–Crippen LogP) is 4.31. The Labute approximate surface area is 272 Å². The van der Waals surface area contributed by atoms with Crippen molar-refractivity contribution in [2.75, 3.05) is 29.9 Å². The van der Waals surface area contributed by atoms with Gasteiger partial charge in [-0.2, -0.15) is 5.10 Å². The molecule has 236 valence electrons. The first-order chi connectivity index (χ1) is 22.3. The fraction of sp³-hybridized carbons (Fsp3) is 0.265. The molecule has 0 radical (unpaired) electrons. The lowest BCUT2D eigenvalue weighted by atomic mass is 9.99. The van der Waals surface area contributed by atoms with E-state index >= 15 is 0 Å². The van der Waals surface area contributed by atoms with E-state index in [1.165, 1.54) is 10.9 Å². The molecule has 3 aromatic heterocycles. The van der Waals surface area contributed by atoms with E-state index in [0.29, 0.717) is 22.4 Å². The third kappa shape index (κ3) is 6.80. The first-order valence-corrected chi connectivity index (χ1v) is 15.5. The summed E-state index contributed by atoms with van der Waals surface area (Å²) in [7, 11) is 3.60. The van der Waals surface area contributed by atoms with Gasteiger partial charge in [-0.15, -0.1) is 0 Å². The van der Waals surface area contributed by atoms with Gasteiger partial charge in [-0.1, -0.05) is 29.8 Å². The molecule has 1 aliphatic rings. The molecule has 46 heavy (non-hydrogen) atoms. The van der Waals surface area contributed by atoms with Crippen LogP contribution in [0.1, 0.15) is 23.0 Å². The second-order valence-corrected chi connectivity index (χ2v) is 11.9. The van der Waals surface area contributed by atoms with Crippen molar-refractivity contribution >= 4 is 34.9 Å². The maximum absolute atomic E-state index is 13.8. The van der Waals surface area contributed by atoms with Gasteiger partial charge in [0, 0.05) is 69.3 Å². The number of piperazine rings is 1. The summed E-state index contributed by atoms with van der Waals surface area (Å²) in [5.41, 5.74) is 5.51. The number of carbonyl (C=O) groups is 2. The lowest BCUT2D eigenvalue weighted by Gasteiger charge is -2.35. The van der Waals surface area contributed by atoms with E-state index in [1.807, 2.05) is 66.3 Å². The number of carbonyl (C=O) groups excluding carboxylic acids is 2. The minimum absolute atomic E-state index is 0.169. The lowest BCUT2D eigenvalue weighted by Crippen LogP contribution is -2.50. The van der Waals surface area contributed by atoms with Gasteiger partial charge in [0.25, 0.3) is 5.91 Å². The first kappa shape index (κ1) is 31.0. The van der Waals surface area contributed by atoms with E-state index in [4.69, 9.17) is 11.6 Å². The molecule has 2 atom stereocenters. The molecule has 1 fully saturated rings. The number of aromatic nitrogens is 5. The predicted molar refractivity (Wildman–Crippen MR) is 180 cm³/mol. The minimum atomic E-state index is -0.929. The van der Waals surface area contributed by atoms with E-state index in [0.717, 1.165) is 53.4 Å². The van der Waals surface area contributed by atoms with Crippen LogP contribution in [-0.2, 0) is 25.3 Å². The minimum Gasteiger partial charge on any atom is -0.351 e. The number of imidazole rings is 1. The van der Waals surface area contributed by atoms with Crippen LogP contribution >= 0.6 is 11.6 Å². The number of hydrogen-bond acceptors (Lipinski definition) is 7. The largest absolute Gasteiger partial charge is 0.351 e. The fourth-order valence-corrected chi connectivity index (χ4v) is 5.89. The van der Waals surface area contributed by atoms with Crippen LogP contribution in [0.2, 0.25) is 5.02 Å². The number of nitrogens with one attached hydrogen (secondary N) is 3. The second kappa shape index (κ2) is 13.6. The number of aryl methyl sites for hydroxylation is 2. The number of anilines is 2. The van der Waals surface area contributed by atoms with Crippen LogP contribution in [0.4, 0.5) is 11.5 Å². The van der Waals surface area contributed by atoms with Crippen LogP contribution in [0.5, 0.6) is 0 Å². The summed E-state index contributed by atoms with van der Waals surface area (Å²) in [5, 5.41) is 13.9. The third-order valence-corrected chi connectivity index (χ3v) is 8.65. The van der Waals surface area contributed by atoms with Crippen molar-refractivity contribution in [3.05, 3.63) is 102 Å². The third-order valence-electron chi connectivity index (χ3n) is 8.28. The number of nitrogens with zero attached hydrogens (tertiary/aromatic N) is 6. The van der Waals surface area contributed by atoms with E-state index in [2.05, 4.69) is 48.9 Å². The Morgan fingerprint density at radius 2 is 1.80 bits per heavy atom.